The van der Waals surface area contributed by atoms with Crippen LogP contribution in [-0.2, 0) is 6.54 Å². The lowest BCUT2D eigenvalue weighted by molar-refractivity contribution is 0.102. The summed E-state index contributed by atoms with van der Waals surface area (Å²) >= 11 is 1.55. The van der Waals surface area contributed by atoms with E-state index >= 15 is 0 Å². The Kier molecular flexibility index (Phi) is 5.53. The van der Waals surface area contributed by atoms with Crippen LogP contribution >= 0.6 is 11.3 Å². The number of fused-ring (bicyclic) bond motifs is 1. The smallest absolute Gasteiger partial charge is 0.257 e. The molecular formula is C24H25N5OS. The van der Waals surface area contributed by atoms with Crippen LogP contribution in [0.25, 0.3) is 16.9 Å². The van der Waals surface area contributed by atoms with Crippen molar-refractivity contribution in [3.05, 3.63) is 71.5 Å². The lowest BCUT2D eigenvalue weighted by atomic mass is 10.0. The Bertz CT molecular complexity index is 1200. The maximum absolute atomic E-state index is 12.8. The first-order chi connectivity index (χ1) is 15.2. The van der Waals surface area contributed by atoms with Crippen molar-refractivity contribution in [1.82, 2.24) is 19.3 Å². The number of benzene rings is 1. The van der Waals surface area contributed by atoms with Crippen molar-refractivity contribution in [3.63, 3.8) is 0 Å². The molecule has 6 nitrogen and oxygen atoms in total. The standard InChI is InChI=1S/C24H25N5OS/c1-17-7-5-6-11-28(17)15-20-14-25-24(31-20)27-23(30)19-10-12-29-16-21(26-22(29)13-19)18-8-3-2-4-9-18/h2-4,8-10,12-14,16-17H,5-7,11,15H2,1H3,(H,25,27,30). The van der Waals surface area contributed by atoms with Crippen molar-refractivity contribution in [2.75, 3.05) is 11.9 Å². The molecule has 0 aliphatic carbocycles. The second kappa shape index (κ2) is 8.61. The molecule has 0 radical (unpaired) electrons. The maximum atomic E-state index is 12.8. The van der Waals surface area contributed by atoms with E-state index in [1.165, 1.54) is 24.1 Å². The number of thiazole rings is 1. The number of aromatic nitrogens is 3. The summed E-state index contributed by atoms with van der Waals surface area (Å²) in [5, 5.41) is 3.58. The van der Waals surface area contributed by atoms with Crippen LogP contribution in [0.4, 0.5) is 5.13 Å². The number of carbonyl (C=O) groups excluding carboxylic acids is 1. The number of likely N-dealkylation sites (tertiary alicyclic amines) is 1. The number of piperidine rings is 1. The lowest BCUT2D eigenvalue weighted by Crippen LogP contribution is -2.36. The summed E-state index contributed by atoms with van der Waals surface area (Å²) in [6, 6.07) is 14.3. The van der Waals surface area contributed by atoms with Gasteiger partial charge in [0.25, 0.3) is 5.91 Å². The molecular weight excluding hydrogens is 406 g/mol. The average molecular weight is 432 g/mol. The zero-order chi connectivity index (χ0) is 21.2. The number of pyridine rings is 1. The summed E-state index contributed by atoms with van der Waals surface area (Å²) in [6.07, 6.45) is 9.55. The van der Waals surface area contributed by atoms with E-state index in [4.69, 9.17) is 0 Å². The largest absolute Gasteiger partial charge is 0.306 e. The van der Waals surface area contributed by atoms with Gasteiger partial charge in [0.2, 0.25) is 0 Å². The average Bonchev–Trinajstić information content (AvgIpc) is 3.42. The van der Waals surface area contributed by atoms with Gasteiger partial charge in [-0.1, -0.05) is 36.8 Å². The highest BCUT2D eigenvalue weighted by molar-refractivity contribution is 7.15. The first kappa shape index (κ1) is 19.9. The Balaban J connectivity index is 1.28. The predicted molar refractivity (Wildman–Crippen MR) is 124 cm³/mol. The van der Waals surface area contributed by atoms with Crippen LogP contribution in [0.5, 0.6) is 0 Å². The Morgan fingerprint density at radius 2 is 2.10 bits per heavy atom. The first-order valence-corrected chi connectivity index (χ1v) is 11.5. The van der Waals surface area contributed by atoms with Gasteiger partial charge in [-0.3, -0.25) is 15.0 Å². The molecule has 1 aliphatic rings. The summed E-state index contributed by atoms with van der Waals surface area (Å²) < 4.78 is 1.93. The Morgan fingerprint density at radius 3 is 2.94 bits per heavy atom. The number of hydrogen-bond acceptors (Lipinski definition) is 5. The molecule has 7 heteroatoms. The molecule has 3 aromatic heterocycles. The molecule has 1 aliphatic heterocycles. The second-order valence-corrected chi connectivity index (χ2v) is 9.19. The van der Waals surface area contributed by atoms with E-state index in [-0.39, 0.29) is 5.91 Å². The van der Waals surface area contributed by atoms with Gasteiger partial charge in [-0.15, -0.1) is 11.3 Å². The highest BCUT2D eigenvalue weighted by Gasteiger charge is 2.19. The second-order valence-electron chi connectivity index (χ2n) is 8.07. The van der Waals surface area contributed by atoms with Crippen molar-refractivity contribution in [1.29, 1.82) is 0 Å². The number of amides is 1. The molecule has 158 valence electrons. The van der Waals surface area contributed by atoms with E-state index < -0.39 is 0 Å². The SMILES string of the molecule is CC1CCCCN1Cc1cnc(NC(=O)c2ccn3cc(-c4ccccc4)nc3c2)s1. The van der Waals surface area contributed by atoms with Gasteiger partial charge in [0.1, 0.15) is 5.65 Å². The van der Waals surface area contributed by atoms with Gasteiger partial charge in [-0.25, -0.2) is 9.97 Å². The van der Waals surface area contributed by atoms with Gasteiger partial charge in [0.05, 0.1) is 5.69 Å². The molecule has 1 aromatic carbocycles. The van der Waals surface area contributed by atoms with Crippen LogP contribution in [0.2, 0.25) is 0 Å². The molecule has 1 amide bonds. The van der Waals surface area contributed by atoms with Crippen molar-refractivity contribution in [3.8, 4) is 11.3 Å². The number of nitrogens with one attached hydrogen (secondary N) is 1. The van der Waals surface area contributed by atoms with Crippen molar-refractivity contribution in [2.24, 2.45) is 0 Å². The number of imidazole rings is 1. The molecule has 31 heavy (non-hydrogen) atoms. The fourth-order valence-electron chi connectivity index (χ4n) is 4.07. The predicted octanol–water partition coefficient (Wildman–Crippen LogP) is 5.08. The normalized spacial score (nSPS) is 17.1. The van der Waals surface area contributed by atoms with Crippen LogP contribution in [0, 0.1) is 0 Å². The molecule has 5 rings (SSSR count). The van der Waals surface area contributed by atoms with Crippen LogP contribution in [0.1, 0.15) is 41.4 Å². The number of carbonyl (C=O) groups is 1. The molecule has 0 saturated carbocycles. The van der Waals surface area contributed by atoms with Crippen LogP contribution in [-0.4, -0.2) is 37.8 Å². The molecule has 0 spiro atoms. The van der Waals surface area contributed by atoms with Gasteiger partial charge < -0.3 is 4.40 Å². The molecule has 1 fully saturated rings. The zero-order valence-electron chi connectivity index (χ0n) is 17.5. The minimum Gasteiger partial charge on any atom is -0.306 e. The Morgan fingerprint density at radius 1 is 1.23 bits per heavy atom. The molecule has 1 unspecified atom stereocenters. The summed E-state index contributed by atoms with van der Waals surface area (Å²) in [5.74, 6) is -0.168. The quantitative estimate of drug-likeness (QED) is 0.478. The molecule has 1 atom stereocenters. The van der Waals surface area contributed by atoms with E-state index in [1.54, 1.807) is 11.3 Å². The Hall–Kier alpha value is -3.03. The zero-order valence-corrected chi connectivity index (χ0v) is 18.3. The van der Waals surface area contributed by atoms with Crippen LogP contribution in [0.15, 0.2) is 61.1 Å². The number of anilines is 1. The topological polar surface area (TPSA) is 62.5 Å². The van der Waals surface area contributed by atoms with E-state index in [9.17, 15) is 4.79 Å². The lowest BCUT2D eigenvalue weighted by Gasteiger charge is -2.32. The fourth-order valence-corrected chi connectivity index (χ4v) is 4.90. The highest BCUT2D eigenvalue weighted by atomic mass is 32.1. The number of hydrogen-bond donors (Lipinski definition) is 1. The monoisotopic (exact) mass is 431 g/mol. The molecule has 0 bridgehead atoms. The van der Waals surface area contributed by atoms with Gasteiger partial charge in [0.15, 0.2) is 5.13 Å². The minimum absolute atomic E-state index is 0.168. The summed E-state index contributed by atoms with van der Waals surface area (Å²) in [4.78, 5) is 25.6. The van der Waals surface area contributed by atoms with Gasteiger partial charge in [-0.05, 0) is 38.4 Å². The van der Waals surface area contributed by atoms with Crippen molar-refractivity contribution >= 4 is 28.0 Å². The third kappa shape index (κ3) is 4.38. The van der Waals surface area contributed by atoms with Gasteiger partial charge >= 0.3 is 0 Å². The molecule has 1 saturated heterocycles. The van der Waals surface area contributed by atoms with E-state index in [1.807, 2.05) is 65.5 Å². The third-order valence-electron chi connectivity index (χ3n) is 5.87. The number of nitrogens with zero attached hydrogens (tertiary/aromatic N) is 4. The fraction of sp³-hybridized carbons (Fsp3) is 0.292. The maximum Gasteiger partial charge on any atom is 0.257 e. The molecule has 4 aromatic rings. The van der Waals surface area contributed by atoms with Crippen LogP contribution in [0.3, 0.4) is 0 Å². The summed E-state index contributed by atoms with van der Waals surface area (Å²) in [7, 11) is 0. The Labute approximate surface area is 185 Å². The molecule has 4 heterocycles. The minimum atomic E-state index is -0.168. The summed E-state index contributed by atoms with van der Waals surface area (Å²) in [6.45, 7) is 4.32. The van der Waals surface area contributed by atoms with E-state index in [0.29, 0.717) is 16.7 Å². The van der Waals surface area contributed by atoms with Crippen LogP contribution < -0.4 is 5.32 Å². The summed E-state index contributed by atoms with van der Waals surface area (Å²) in [5.41, 5.74) is 3.25. The van der Waals surface area contributed by atoms with Crippen molar-refractivity contribution < 1.29 is 4.79 Å². The number of rotatable bonds is 5. The molecule has 1 N–H and O–H groups in total. The first-order valence-electron chi connectivity index (χ1n) is 10.7. The third-order valence-corrected chi connectivity index (χ3v) is 6.76. The van der Waals surface area contributed by atoms with E-state index in [0.717, 1.165) is 30.0 Å². The van der Waals surface area contributed by atoms with Gasteiger partial charge in [-0.2, -0.15) is 0 Å². The highest BCUT2D eigenvalue weighted by Crippen LogP contribution is 2.25. The van der Waals surface area contributed by atoms with Crippen molar-refractivity contribution in [2.45, 2.75) is 38.8 Å². The van der Waals surface area contributed by atoms with Gasteiger partial charge in [0, 0.05) is 47.2 Å². The van der Waals surface area contributed by atoms with E-state index in [2.05, 4.69) is 27.1 Å².